The maximum Gasteiger partial charge on any atom is 0.139 e. The van der Waals surface area contributed by atoms with Gasteiger partial charge in [0.05, 0.1) is 0 Å². The average Bonchev–Trinajstić information content (AvgIpc) is 2.55. The lowest BCUT2D eigenvalue weighted by Gasteiger charge is -2.16. The number of nitrogens with one attached hydrogen (secondary N) is 1. The van der Waals surface area contributed by atoms with E-state index in [2.05, 4.69) is 26.5 Å². The molecule has 11 heavy (non-hydrogen) atoms. The Hall–Kier alpha value is -0.900. The number of hydrogen-bond acceptors (Lipinski definition) is 3. The third kappa shape index (κ3) is 1.14. The van der Waals surface area contributed by atoms with Crippen LogP contribution in [0, 0.1) is 0 Å². The summed E-state index contributed by atoms with van der Waals surface area (Å²) < 4.78 is 0. The predicted molar refractivity (Wildman–Crippen MR) is 45.8 cm³/mol. The number of hydrogen-bond donors (Lipinski definition) is 1. The van der Waals surface area contributed by atoms with Crippen LogP contribution < -0.4 is 0 Å². The highest BCUT2D eigenvalue weighted by Crippen LogP contribution is 2.35. The summed E-state index contributed by atoms with van der Waals surface area (Å²) in [5.74, 6) is 1.02. The second-order valence-corrected chi connectivity index (χ2v) is 3.40. The first-order valence-corrected chi connectivity index (χ1v) is 4.35. The van der Waals surface area contributed by atoms with Gasteiger partial charge < -0.3 is 9.88 Å². The predicted octanol–water partition coefficient (Wildman–Crippen LogP) is 1.56. The van der Waals surface area contributed by atoms with Gasteiger partial charge in [0.2, 0.25) is 0 Å². The van der Waals surface area contributed by atoms with Crippen molar-refractivity contribution in [3.05, 3.63) is 29.8 Å². The summed E-state index contributed by atoms with van der Waals surface area (Å²) in [7, 11) is 2.05. The lowest BCUT2D eigenvalue weighted by atomic mass is 10.5. The Morgan fingerprint density at radius 2 is 2.64 bits per heavy atom. The van der Waals surface area contributed by atoms with Crippen LogP contribution in [-0.4, -0.2) is 21.9 Å². The molecule has 0 aromatic carbocycles. The van der Waals surface area contributed by atoms with Crippen molar-refractivity contribution in [3.63, 3.8) is 0 Å². The van der Waals surface area contributed by atoms with Gasteiger partial charge in [-0.3, -0.25) is 0 Å². The first kappa shape index (κ1) is 6.79. The second kappa shape index (κ2) is 2.62. The Morgan fingerprint density at radius 3 is 3.18 bits per heavy atom. The van der Waals surface area contributed by atoms with Crippen LogP contribution in [0.5, 0.6) is 0 Å². The molecular weight excluding hydrogens is 158 g/mol. The first-order chi connectivity index (χ1) is 5.38. The fraction of sp³-hybridized carbons (Fsp3) is 0.286. The Labute approximate surface area is 69.5 Å². The van der Waals surface area contributed by atoms with Crippen molar-refractivity contribution in [1.29, 1.82) is 0 Å². The molecule has 0 bridgehead atoms. The van der Waals surface area contributed by atoms with Crippen LogP contribution >= 0.6 is 11.8 Å². The van der Waals surface area contributed by atoms with Gasteiger partial charge in [-0.1, -0.05) is 11.8 Å². The van der Waals surface area contributed by atoms with E-state index in [1.54, 1.807) is 18.0 Å². The van der Waals surface area contributed by atoms with E-state index in [1.807, 2.05) is 13.2 Å². The zero-order valence-corrected chi connectivity index (χ0v) is 7.01. The van der Waals surface area contributed by atoms with Crippen LogP contribution in [0.4, 0.5) is 0 Å². The zero-order valence-electron chi connectivity index (χ0n) is 6.19. The van der Waals surface area contributed by atoms with Crippen molar-refractivity contribution < 1.29 is 0 Å². The van der Waals surface area contributed by atoms with Gasteiger partial charge in [-0.05, 0) is 5.41 Å². The standard InChI is InChI=1S/C7H9N3S/c1-10-4-5-11-7(10)6-8-2-3-9-6/h2-5,7H,1H3,(H,8,9). The molecule has 1 aliphatic rings. The minimum atomic E-state index is 0.338. The number of H-pyrrole nitrogens is 1. The molecule has 1 unspecified atom stereocenters. The van der Waals surface area contributed by atoms with Crippen molar-refractivity contribution in [2.45, 2.75) is 5.37 Å². The van der Waals surface area contributed by atoms with Gasteiger partial charge in [-0.2, -0.15) is 0 Å². The molecule has 1 atom stereocenters. The Kier molecular flexibility index (Phi) is 1.62. The number of thioether (sulfide) groups is 1. The Balaban J connectivity index is 2.19. The molecule has 58 valence electrons. The lowest BCUT2D eigenvalue weighted by molar-refractivity contribution is 0.436. The van der Waals surface area contributed by atoms with Gasteiger partial charge in [-0.15, -0.1) is 0 Å². The van der Waals surface area contributed by atoms with Crippen molar-refractivity contribution in [2.75, 3.05) is 7.05 Å². The monoisotopic (exact) mass is 167 g/mol. The molecule has 0 spiro atoms. The summed E-state index contributed by atoms with van der Waals surface area (Å²) in [6.45, 7) is 0. The van der Waals surface area contributed by atoms with Gasteiger partial charge in [0.25, 0.3) is 0 Å². The highest BCUT2D eigenvalue weighted by Gasteiger charge is 2.19. The van der Waals surface area contributed by atoms with Crippen LogP contribution in [0.3, 0.4) is 0 Å². The SMILES string of the molecule is CN1C=CSC1c1ncc[nH]1. The fourth-order valence-corrected chi connectivity index (χ4v) is 1.98. The first-order valence-electron chi connectivity index (χ1n) is 3.41. The topological polar surface area (TPSA) is 31.9 Å². The van der Waals surface area contributed by atoms with Gasteiger partial charge in [0.1, 0.15) is 11.2 Å². The minimum Gasteiger partial charge on any atom is -0.361 e. The van der Waals surface area contributed by atoms with E-state index < -0.39 is 0 Å². The third-order valence-electron chi connectivity index (χ3n) is 1.63. The molecular formula is C7H9N3S. The molecule has 2 rings (SSSR count). The molecule has 0 saturated heterocycles. The third-order valence-corrected chi connectivity index (χ3v) is 2.72. The maximum absolute atomic E-state index is 4.19. The normalized spacial score (nSPS) is 23.0. The van der Waals surface area contributed by atoms with E-state index in [4.69, 9.17) is 0 Å². The number of aromatic nitrogens is 2. The summed E-state index contributed by atoms with van der Waals surface area (Å²) in [6, 6.07) is 0. The molecule has 0 amide bonds. The second-order valence-electron chi connectivity index (χ2n) is 2.41. The molecule has 2 heterocycles. The largest absolute Gasteiger partial charge is 0.361 e. The molecule has 0 radical (unpaired) electrons. The van der Waals surface area contributed by atoms with Crippen LogP contribution in [0.1, 0.15) is 11.2 Å². The highest BCUT2D eigenvalue weighted by atomic mass is 32.2. The van der Waals surface area contributed by atoms with Crippen molar-refractivity contribution in [1.82, 2.24) is 14.9 Å². The summed E-state index contributed by atoms with van der Waals surface area (Å²) in [5.41, 5.74) is 0. The van der Waals surface area contributed by atoms with Gasteiger partial charge in [0.15, 0.2) is 0 Å². The number of aromatic amines is 1. The van der Waals surface area contributed by atoms with E-state index in [1.165, 1.54) is 0 Å². The Morgan fingerprint density at radius 1 is 1.73 bits per heavy atom. The lowest BCUT2D eigenvalue weighted by Crippen LogP contribution is -2.12. The highest BCUT2D eigenvalue weighted by molar-refractivity contribution is 8.02. The van der Waals surface area contributed by atoms with Crippen LogP contribution in [0.2, 0.25) is 0 Å². The van der Waals surface area contributed by atoms with E-state index in [0.29, 0.717) is 5.37 Å². The summed E-state index contributed by atoms with van der Waals surface area (Å²) >= 11 is 1.76. The smallest absolute Gasteiger partial charge is 0.139 e. The molecule has 0 fully saturated rings. The van der Waals surface area contributed by atoms with E-state index in [-0.39, 0.29) is 0 Å². The number of imidazole rings is 1. The van der Waals surface area contributed by atoms with Crippen LogP contribution in [0.15, 0.2) is 24.0 Å². The van der Waals surface area contributed by atoms with E-state index >= 15 is 0 Å². The van der Waals surface area contributed by atoms with Gasteiger partial charge >= 0.3 is 0 Å². The fourth-order valence-electron chi connectivity index (χ4n) is 1.05. The Bertz CT molecular complexity index is 255. The molecule has 0 saturated carbocycles. The number of rotatable bonds is 1. The molecule has 4 heteroatoms. The van der Waals surface area contributed by atoms with Gasteiger partial charge in [-0.25, -0.2) is 4.98 Å². The van der Waals surface area contributed by atoms with Crippen molar-refractivity contribution in [2.24, 2.45) is 0 Å². The van der Waals surface area contributed by atoms with Crippen molar-refractivity contribution >= 4 is 11.8 Å². The summed E-state index contributed by atoms with van der Waals surface area (Å²) in [4.78, 5) is 9.41. The zero-order chi connectivity index (χ0) is 7.68. The maximum atomic E-state index is 4.19. The van der Waals surface area contributed by atoms with E-state index in [9.17, 15) is 0 Å². The number of nitrogens with zero attached hydrogens (tertiary/aromatic N) is 2. The molecule has 1 aromatic heterocycles. The average molecular weight is 167 g/mol. The summed E-state index contributed by atoms with van der Waals surface area (Å²) in [6.07, 6.45) is 5.68. The van der Waals surface area contributed by atoms with Crippen LogP contribution in [-0.2, 0) is 0 Å². The quantitative estimate of drug-likeness (QED) is 0.688. The minimum absolute atomic E-state index is 0.338. The van der Waals surface area contributed by atoms with Crippen molar-refractivity contribution in [3.8, 4) is 0 Å². The molecule has 0 aliphatic carbocycles. The van der Waals surface area contributed by atoms with E-state index in [0.717, 1.165) is 5.82 Å². The molecule has 1 aliphatic heterocycles. The molecule has 1 aromatic rings. The van der Waals surface area contributed by atoms with Crippen LogP contribution in [0.25, 0.3) is 0 Å². The molecule has 3 nitrogen and oxygen atoms in total. The summed E-state index contributed by atoms with van der Waals surface area (Å²) in [5, 5.41) is 2.41. The van der Waals surface area contributed by atoms with Gasteiger partial charge in [0, 0.05) is 25.6 Å². The molecule has 1 N–H and O–H groups in total.